The number of nitrogens with one attached hydrogen (secondary N) is 2. The van der Waals surface area contributed by atoms with E-state index >= 15 is 0 Å². The van der Waals surface area contributed by atoms with Crippen LogP contribution in [0.4, 0.5) is 10.5 Å². The molecule has 0 bridgehead atoms. The van der Waals surface area contributed by atoms with Gasteiger partial charge in [0.2, 0.25) is 0 Å². The Labute approximate surface area is 137 Å². The second kappa shape index (κ2) is 7.35. The lowest BCUT2D eigenvalue weighted by Crippen LogP contribution is -2.43. The minimum Gasteiger partial charge on any atom is -0.484 e. The molecule has 1 aromatic carbocycles. The van der Waals surface area contributed by atoms with Gasteiger partial charge in [0.25, 0.3) is 5.91 Å². The van der Waals surface area contributed by atoms with Crippen LogP contribution in [0.25, 0.3) is 0 Å². The van der Waals surface area contributed by atoms with Crippen molar-refractivity contribution in [1.29, 1.82) is 0 Å². The van der Waals surface area contributed by atoms with Gasteiger partial charge in [-0.2, -0.15) is 0 Å². The van der Waals surface area contributed by atoms with Gasteiger partial charge in [-0.15, -0.1) is 0 Å². The van der Waals surface area contributed by atoms with Crippen molar-refractivity contribution in [2.24, 2.45) is 0 Å². The molecule has 1 aliphatic heterocycles. The van der Waals surface area contributed by atoms with E-state index in [0.717, 1.165) is 25.9 Å². The van der Waals surface area contributed by atoms with Crippen molar-refractivity contribution in [3.8, 4) is 5.75 Å². The fourth-order valence-electron chi connectivity index (χ4n) is 2.37. The molecule has 1 fully saturated rings. The number of hydrogen-bond acceptors (Lipinski definition) is 3. The van der Waals surface area contributed by atoms with Gasteiger partial charge in [-0.3, -0.25) is 4.79 Å². The Bertz CT molecular complexity index is 560. The summed E-state index contributed by atoms with van der Waals surface area (Å²) in [5, 5.41) is 5.58. The molecule has 0 unspecified atom stereocenters. The molecule has 1 aliphatic rings. The Kier molecular flexibility index (Phi) is 5.47. The normalized spacial score (nSPS) is 14.5. The number of hydrogen-bond donors (Lipinski definition) is 2. The highest BCUT2D eigenvalue weighted by Gasteiger charge is 2.18. The molecule has 6 nitrogen and oxygen atoms in total. The van der Waals surface area contributed by atoms with E-state index < -0.39 is 0 Å². The van der Waals surface area contributed by atoms with Gasteiger partial charge >= 0.3 is 6.03 Å². The zero-order chi connectivity index (χ0) is 16.9. The Morgan fingerprint density at radius 2 is 1.91 bits per heavy atom. The number of nitrogens with zero attached hydrogens (tertiary/aromatic N) is 1. The number of carbonyl (C=O) groups excluding carboxylic acids is 2. The average Bonchev–Trinajstić information content (AvgIpc) is 2.97. The largest absolute Gasteiger partial charge is 0.484 e. The summed E-state index contributed by atoms with van der Waals surface area (Å²) in [4.78, 5) is 25.6. The maximum atomic E-state index is 12.0. The smallest absolute Gasteiger partial charge is 0.319 e. The Morgan fingerprint density at radius 3 is 2.57 bits per heavy atom. The second-order valence-electron chi connectivity index (χ2n) is 6.73. The topological polar surface area (TPSA) is 70.7 Å². The van der Waals surface area contributed by atoms with Crippen molar-refractivity contribution < 1.29 is 14.3 Å². The van der Waals surface area contributed by atoms with Crippen LogP contribution in [-0.2, 0) is 4.79 Å². The third-order valence-electron chi connectivity index (χ3n) is 3.40. The molecule has 2 N–H and O–H groups in total. The van der Waals surface area contributed by atoms with Gasteiger partial charge in [-0.25, -0.2) is 4.79 Å². The second-order valence-corrected chi connectivity index (χ2v) is 6.73. The van der Waals surface area contributed by atoms with Crippen LogP contribution in [0.3, 0.4) is 0 Å². The van der Waals surface area contributed by atoms with E-state index in [9.17, 15) is 9.59 Å². The molecule has 3 amide bonds. The monoisotopic (exact) mass is 319 g/mol. The maximum Gasteiger partial charge on any atom is 0.319 e. The van der Waals surface area contributed by atoms with Crippen LogP contribution in [-0.4, -0.2) is 42.1 Å². The predicted molar refractivity (Wildman–Crippen MR) is 89.7 cm³/mol. The third kappa shape index (κ3) is 5.81. The van der Waals surface area contributed by atoms with E-state index in [1.807, 2.05) is 25.7 Å². The fourth-order valence-corrected chi connectivity index (χ4v) is 2.37. The highest BCUT2D eigenvalue weighted by Crippen LogP contribution is 2.18. The number of ether oxygens (including phenoxy) is 1. The van der Waals surface area contributed by atoms with E-state index in [1.165, 1.54) is 0 Å². The number of likely N-dealkylation sites (tertiary alicyclic amines) is 1. The van der Waals surface area contributed by atoms with E-state index in [0.29, 0.717) is 11.4 Å². The van der Waals surface area contributed by atoms with Gasteiger partial charge in [-0.05, 0) is 45.7 Å². The number of benzene rings is 1. The van der Waals surface area contributed by atoms with Crippen LogP contribution < -0.4 is 15.4 Å². The quantitative estimate of drug-likeness (QED) is 0.896. The van der Waals surface area contributed by atoms with Gasteiger partial charge in [0, 0.05) is 30.4 Å². The van der Waals surface area contributed by atoms with E-state index in [4.69, 9.17) is 4.74 Å². The molecule has 1 heterocycles. The molecule has 6 heteroatoms. The van der Waals surface area contributed by atoms with Crippen LogP contribution in [0, 0.1) is 0 Å². The maximum absolute atomic E-state index is 12.0. The molecular formula is C17H25N3O3. The van der Waals surface area contributed by atoms with Crippen molar-refractivity contribution in [2.45, 2.75) is 39.2 Å². The number of anilines is 1. The molecule has 0 radical (unpaired) electrons. The van der Waals surface area contributed by atoms with E-state index in [2.05, 4.69) is 10.6 Å². The number of rotatable bonds is 4. The van der Waals surface area contributed by atoms with Gasteiger partial charge in [0.15, 0.2) is 6.61 Å². The van der Waals surface area contributed by atoms with Gasteiger partial charge in [0.1, 0.15) is 5.75 Å². The lowest BCUT2D eigenvalue weighted by atomic mass is 10.1. The first-order chi connectivity index (χ1) is 10.8. The summed E-state index contributed by atoms with van der Waals surface area (Å²) in [6, 6.07) is 6.76. The summed E-state index contributed by atoms with van der Waals surface area (Å²) in [5.41, 5.74) is 0.318. The van der Waals surface area contributed by atoms with Crippen LogP contribution >= 0.6 is 0 Å². The van der Waals surface area contributed by atoms with Gasteiger partial charge in [-0.1, -0.05) is 6.07 Å². The highest BCUT2D eigenvalue weighted by molar-refractivity contribution is 5.89. The van der Waals surface area contributed by atoms with Gasteiger partial charge in [0.05, 0.1) is 0 Å². The van der Waals surface area contributed by atoms with Gasteiger partial charge < -0.3 is 20.3 Å². The Hall–Kier alpha value is -2.24. The minimum absolute atomic E-state index is 0.00587. The lowest BCUT2D eigenvalue weighted by molar-refractivity contribution is -0.132. The number of amides is 3. The summed E-state index contributed by atoms with van der Waals surface area (Å²) in [5.74, 6) is 0.567. The van der Waals surface area contributed by atoms with Crippen molar-refractivity contribution in [1.82, 2.24) is 10.2 Å². The average molecular weight is 319 g/mol. The van der Waals surface area contributed by atoms with Crippen molar-refractivity contribution in [3.63, 3.8) is 0 Å². The first-order valence-electron chi connectivity index (χ1n) is 7.93. The SMILES string of the molecule is CC(C)(C)NC(=O)Nc1cccc(OCC(=O)N2CCCC2)c1. The van der Waals surface area contributed by atoms with Crippen LogP contribution in [0.15, 0.2) is 24.3 Å². The first-order valence-corrected chi connectivity index (χ1v) is 7.93. The fraction of sp³-hybridized carbons (Fsp3) is 0.529. The van der Waals surface area contributed by atoms with Crippen LogP contribution in [0.2, 0.25) is 0 Å². The molecule has 0 aromatic heterocycles. The zero-order valence-electron chi connectivity index (χ0n) is 14.0. The molecule has 0 spiro atoms. The zero-order valence-corrected chi connectivity index (χ0v) is 14.0. The molecule has 1 aromatic rings. The molecule has 2 rings (SSSR count). The van der Waals surface area contributed by atoms with Crippen molar-refractivity contribution in [3.05, 3.63) is 24.3 Å². The predicted octanol–water partition coefficient (Wildman–Crippen LogP) is 2.61. The van der Waals surface area contributed by atoms with Crippen molar-refractivity contribution >= 4 is 17.6 Å². The number of urea groups is 1. The third-order valence-corrected chi connectivity index (χ3v) is 3.40. The lowest BCUT2D eigenvalue weighted by Gasteiger charge is -2.21. The van der Waals surface area contributed by atoms with Crippen molar-refractivity contribution in [2.75, 3.05) is 25.0 Å². The van der Waals surface area contributed by atoms with E-state index in [-0.39, 0.29) is 24.1 Å². The summed E-state index contributed by atoms with van der Waals surface area (Å²) >= 11 is 0. The van der Waals surface area contributed by atoms with Crippen LogP contribution in [0.5, 0.6) is 5.75 Å². The Balaban J connectivity index is 1.86. The molecule has 0 atom stereocenters. The number of carbonyl (C=O) groups is 2. The Morgan fingerprint density at radius 1 is 1.22 bits per heavy atom. The molecule has 0 aliphatic carbocycles. The highest BCUT2D eigenvalue weighted by atomic mass is 16.5. The molecule has 0 saturated carbocycles. The van der Waals surface area contributed by atoms with E-state index in [1.54, 1.807) is 24.3 Å². The minimum atomic E-state index is -0.305. The first kappa shape index (κ1) is 17.1. The van der Waals surface area contributed by atoms with Crippen LogP contribution in [0.1, 0.15) is 33.6 Å². The standard InChI is InChI=1S/C17H25N3O3/c1-17(2,3)19-16(22)18-13-7-6-8-14(11-13)23-12-15(21)20-9-4-5-10-20/h6-8,11H,4-5,9-10,12H2,1-3H3,(H2,18,19,22). The molecule has 23 heavy (non-hydrogen) atoms. The summed E-state index contributed by atoms with van der Waals surface area (Å²) in [7, 11) is 0. The summed E-state index contributed by atoms with van der Waals surface area (Å²) < 4.78 is 5.54. The molecular weight excluding hydrogens is 294 g/mol. The molecule has 1 saturated heterocycles. The summed E-state index contributed by atoms with van der Waals surface area (Å²) in [6.45, 7) is 7.40. The molecule has 126 valence electrons. The summed E-state index contributed by atoms with van der Waals surface area (Å²) in [6.07, 6.45) is 2.13.